The van der Waals surface area contributed by atoms with Crippen molar-refractivity contribution in [1.29, 1.82) is 0 Å². The summed E-state index contributed by atoms with van der Waals surface area (Å²) in [6.45, 7) is 0. The van der Waals surface area contributed by atoms with E-state index in [0.29, 0.717) is 11.3 Å². The van der Waals surface area contributed by atoms with Crippen LogP contribution in [-0.2, 0) is 0 Å². The number of hydrogen-bond donors (Lipinski definition) is 1. The third-order valence-electron chi connectivity index (χ3n) is 4.68. The molecule has 0 amide bonds. The third kappa shape index (κ3) is 2.37. The van der Waals surface area contributed by atoms with Gasteiger partial charge in [-0.1, -0.05) is 41.6 Å². The first-order chi connectivity index (χ1) is 10.7. The number of halogens is 1. The van der Waals surface area contributed by atoms with Crippen LogP contribution in [-0.4, -0.2) is 14.6 Å². The minimum Gasteiger partial charge on any atom is -0.306 e. The van der Waals surface area contributed by atoms with Crippen LogP contribution in [0.5, 0.6) is 0 Å². The van der Waals surface area contributed by atoms with Gasteiger partial charge in [-0.15, -0.1) is 0 Å². The second kappa shape index (κ2) is 5.54. The summed E-state index contributed by atoms with van der Waals surface area (Å²) in [4.78, 5) is 15.2. The SMILES string of the molecule is O=c1[nH]c2cc(C3CCCCCC3)nn2c2cc(Br)ccc12. The normalized spacial score (nSPS) is 17.1. The lowest BCUT2D eigenvalue weighted by Crippen LogP contribution is -2.09. The average molecular weight is 360 g/mol. The van der Waals surface area contributed by atoms with Gasteiger partial charge in [0.2, 0.25) is 0 Å². The van der Waals surface area contributed by atoms with Crippen LogP contribution in [0.1, 0.15) is 50.1 Å². The van der Waals surface area contributed by atoms with Gasteiger partial charge < -0.3 is 4.98 Å². The molecule has 1 fully saturated rings. The molecule has 4 rings (SSSR count). The Hall–Kier alpha value is -1.62. The van der Waals surface area contributed by atoms with E-state index in [9.17, 15) is 4.79 Å². The lowest BCUT2D eigenvalue weighted by molar-refractivity contribution is 0.574. The van der Waals surface area contributed by atoms with Crippen LogP contribution in [0.25, 0.3) is 16.6 Å². The highest BCUT2D eigenvalue weighted by atomic mass is 79.9. The summed E-state index contributed by atoms with van der Waals surface area (Å²) in [5, 5.41) is 5.49. The molecule has 0 saturated heterocycles. The van der Waals surface area contributed by atoms with Crippen molar-refractivity contribution in [2.75, 3.05) is 0 Å². The van der Waals surface area contributed by atoms with E-state index in [1.54, 1.807) is 0 Å². The van der Waals surface area contributed by atoms with Crippen molar-refractivity contribution in [1.82, 2.24) is 14.6 Å². The molecule has 3 aromatic rings. The molecule has 4 nitrogen and oxygen atoms in total. The van der Waals surface area contributed by atoms with E-state index in [4.69, 9.17) is 5.10 Å². The molecule has 114 valence electrons. The highest BCUT2D eigenvalue weighted by Crippen LogP contribution is 2.31. The second-order valence-corrected chi connectivity index (χ2v) is 7.09. The lowest BCUT2D eigenvalue weighted by atomic mass is 9.97. The van der Waals surface area contributed by atoms with E-state index in [0.717, 1.165) is 21.3 Å². The van der Waals surface area contributed by atoms with E-state index < -0.39 is 0 Å². The Balaban J connectivity index is 1.91. The molecule has 1 aliphatic carbocycles. The van der Waals surface area contributed by atoms with Gasteiger partial charge in [-0.3, -0.25) is 4.79 Å². The summed E-state index contributed by atoms with van der Waals surface area (Å²) in [6, 6.07) is 7.74. The molecule has 5 heteroatoms. The molecular formula is C17H18BrN3O. The summed E-state index contributed by atoms with van der Waals surface area (Å²) in [5.74, 6) is 0.521. The molecule has 0 aliphatic heterocycles. The highest BCUT2D eigenvalue weighted by Gasteiger charge is 2.18. The number of fused-ring (bicyclic) bond motifs is 3. The van der Waals surface area contributed by atoms with Crippen molar-refractivity contribution < 1.29 is 0 Å². The van der Waals surface area contributed by atoms with Crippen molar-refractivity contribution >= 4 is 32.5 Å². The highest BCUT2D eigenvalue weighted by molar-refractivity contribution is 9.10. The molecule has 2 heterocycles. The summed E-state index contributed by atoms with van der Waals surface area (Å²) in [7, 11) is 0. The van der Waals surface area contributed by atoms with Crippen LogP contribution in [0, 0.1) is 0 Å². The summed E-state index contributed by atoms with van der Waals surface area (Å²) < 4.78 is 2.83. The topological polar surface area (TPSA) is 50.2 Å². The van der Waals surface area contributed by atoms with Crippen LogP contribution in [0.4, 0.5) is 0 Å². The monoisotopic (exact) mass is 359 g/mol. The zero-order valence-electron chi connectivity index (χ0n) is 12.3. The Morgan fingerprint density at radius 1 is 1.14 bits per heavy atom. The maximum Gasteiger partial charge on any atom is 0.259 e. The predicted octanol–water partition coefficient (Wildman–Crippen LogP) is 4.38. The van der Waals surface area contributed by atoms with Crippen LogP contribution >= 0.6 is 15.9 Å². The average Bonchev–Trinajstić information content (AvgIpc) is 2.75. The Labute approximate surface area is 136 Å². The van der Waals surface area contributed by atoms with E-state index in [2.05, 4.69) is 27.0 Å². The lowest BCUT2D eigenvalue weighted by Gasteiger charge is -2.09. The molecule has 1 aromatic carbocycles. The fraction of sp³-hybridized carbons (Fsp3) is 0.412. The molecule has 0 radical (unpaired) electrons. The molecule has 1 aliphatic rings. The van der Waals surface area contributed by atoms with E-state index in [-0.39, 0.29) is 5.56 Å². The molecule has 0 atom stereocenters. The fourth-order valence-corrected chi connectivity index (χ4v) is 3.85. The number of hydrogen-bond acceptors (Lipinski definition) is 2. The molecule has 1 N–H and O–H groups in total. The Morgan fingerprint density at radius 2 is 1.91 bits per heavy atom. The number of H-pyrrole nitrogens is 1. The molecule has 0 unspecified atom stereocenters. The Bertz CT molecular complexity index is 888. The number of rotatable bonds is 1. The van der Waals surface area contributed by atoms with Crippen molar-refractivity contribution in [2.45, 2.75) is 44.4 Å². The Morgan fingerprint density at radius 3 is 2.68 bits per heavy atom. The van der Waals surface area contributed by atoms with Gasteiger partial charge >= 0.3 is 0 Å². The quantitative estimate of drug-likeness (QED) is 0.655. The maximum absolute atomic E-state index is 12.2. The second-order valence-electron chi connectivity index (χ2n) is 6.17. The van der Waals surface area contributed by atoms with E-state index in [1.165, 1.54) is 38.5 Å². The molecule has 2 aromatic heterocycles. The molecular weight excluding hydrogens is 342 g/mol. The number of benzene rings is 1. The molecule has 0 spiro atoms. The first-order valence-corrected chi connectivity index (χ1v) is 8.73. The van der Waals surface area contributed by atoms with Crippen LogP contribution in [0.15, 0.2) is 33.5 Å². The maximum atomic E-state index is 12.2. The Kier molecular flexibility index (Phi) is 3.53. The van der Waals surface area contributed by atoms with E-state index in [1.807, 2.05) is 22.7 Å². The molecule has 0 bridgehead atoms. The third-order valence-corrected chi connectivity index (χ3v) is 5.17. The largest absolute Gasteiger partial charge is 0.306 e. The van der Waals surface area contributed by atoms with E-state index >= 15 is 0 Å². The molecule has 1 saturated carbocycles. The van der Waals surface area contributed by atoms with Crippen molar-refractivity contribution in [2.24, 2.45) is 0 Å². The van der Waals surface area contributed by atoms with Gasteiger partial charge in [0.15, 0.2) is 0 Å². The first kappa shape index (κ1) is 14.0. The number of aromatic nitrogens is 3. The number of nitrogens with zero attached hydrogens (tertiary/aromatic N) is 2. The van der Waals surface area contributed by atoms with Crippen molar-refractivity contribution in [3.05, 3.63) is 44.8 Å². The summed E-state index contributed by atoms with van der Waals surface area (Å²) >= 11 is 3.48. The standard InChI is InChI=1S/C17H18BrN3O/c18-12-7-8-13-15(9-12)21-16(19-17(13)22)10-14(20-21)11-5-3-1-2-4-6-11/h7-11H,1-6H2,(H,19,22). The number of nitrogens with one attached hydrogen (secondary N) is 1. The fourth-order valence-electron chi connectivity index (χ4n) is 3.50. The van der Waals surface area contributed by atoms with Gasteiger partial charge in [-0.25, -0.2) is 4.52 Å². The summed E-state index contributed by atoms with van der Waals surface area (Å²) in [6.07, 6.45) is 7.63. The predicted molar refractivity (Wildman–Crippen MR) is 91.5 cm³/mol. The van der Waals surface area contributed by atoms with Gasteiger partial charge in [0, 0.05) is 16.5 Å². The minimum absolute atomic E-state index is 0.0534. The van der Waals surface area contributed by atoms with Crippen molar-refractivity contribution in [3.8, 4) is 0 Å². The summed E-state index contributed by atoms with van der Waals surface area (Å²) in [5.41, 5.74) is 2.70. The zero-order valence-corrected chi connectivity index (χ0v) is 13.9. The molecule has 22 heavy (non-hydrogen) atoms. The van der Waals surface area contributed by atoms with Crippen LogP contribution < -0.4 is 5.56 Å². The van der Waals surface area contributed by atoms with Gasteiger partial charge in [-0.2, -0.15) is 5.10 Å². The minimum atomic E-state index is -0.0534. The van der Waals surface area contributed by atoms with Crippen LogP contribution in [0.3, 0.4) is 0 Å². The van der Waals surface area contributed by atoms with Gasteiger partial charge in [-0.05, 0) is 31.0 Å². The van der Waals surface area contributed by atoms with Gasteiger partial charge in [0.25, 0.3) is 5.56 Å². The van der Waals surface area contributed by atoms with Gasteiger partial charge in [0.05, 0.1) is 16.6 Å². The smallest absolute Gasteiger partial charge is 0.259 e. The zero-order chi connectivity index (χ0) is 15.1. The van der Waals surface area contributed by atoms with Crippen molar-refractivity contribution in [3.63, 3.8) is 0 Å². The van der Waals surface area contributed by atoms with Crippen LogP contribution in [0.2, 0.25) is 0 Å². The van der Waals surface area contributed by atoms with Gasteiger partial charge in [0.1, 0.15) is 5.65 Å². The first-order valence-electron chi connectivity index (χ1n) is 7.93. The number of aromatic amines is 1.